The van der Waals surface area contributed by atoms with E-state index in [1.165, 1.54) is 0 Å². The Morgan fingerprint density at radius 3 is 1.24 bits per heavy atom. The molecular weight excluding hydrogens is 789 g/mol. The van der Waals surface area contributed by atoms with Crippen molar-refractivity contribution in [3.63, 3.8) is 0 Å². The lowest BCUT2D eigenvalue weighted by Crippen LogP contribution is -2.67. The molecule has 2 heterocycles. The lowest BCUT2D eigenvalue weighted by Gasteiger charge is -2.39. The number of rotatable bonds is 20. The molecule has 0 spiro atoms. The second kappa shape index (κ2) is 23.8. The van der Waals surface area contributed by atoms with Gasteiger partial charge < -0.3 is 30.4 Å². The van der Waals surface area contributed by atoms with E-state index in [9.17, 15) is 38.4 Å². The number of nitrogens with two attached hydrogens (primary N) is 2. The van der Waals surface area contributed by atoms with Crippen LogP contribution in [0.2, 0.25) is 0 Å². The molecule has 0 saturated carbocycles. The first kappa shape index (κ1) is 49.6. The molecule has 2 aliphatic rings. The minimum absolute atomic E-state index is 0. The molecule has 4 rings (SSSR count). The predicted octanol–water partition coefficient (Wildman–Crippen LogP) is 3.50. The molecule has 59 heavy (non-hydrogen) atoms. The molecule has 0 radical (unpaired) electrons. The number of nitrogens with one attached hydrogen (secondary N) is 2. The van der Waals surface area contributed by atoms with Gasteiger partial charge in [0.05, 0.1) is 26.3 Å². The number of carbonyl (C=O) groups is 8. The van der Waals surface area contributed by atoms with Gasteiger partial charge in [0.1, 0.15) is 12.2 Å². The number of ether oxygens (including phenoxy) is 4. The van der Waals surface area contributed by atoms with Gasteiger partial charge in [0.15, 0.2) is 10.8 Å². The smallest absolute Gasteiger partial charge is 0.404 e. The molecular formula is C40H56N6O12S. The molecule has 0 bridgehead atoms. The maximum atomic E-state index is 13.3. The number of carbonyl (C=O) groups excluding carboxylic acids is 8. The second-order valence-electron chi connectivity index (χ2n) is 13.6. The van der Waals surface area contributed by atoms with Crippen molar-refractivity contribution in [2.24, 2.45) is 11.5 Å². The zero-order valence-electron chi connectivity index (χ0n) is 33.9. The van der Waals surface area contributed by atoms with E-state index in [0.29, 0.717) is 24.3 Å². The second-order valence-corrected chi connectivity index (χ2v) is 13.6. The Morgan fingerprint density at radius 2 is 0.949 bits per heavy atom. The fourth-order valence-electron chi connectivity index (χ4n) is 6.61. The summed E-state index contributed by atoms with van der Waals surface area (Å²) in [5, 5.41) is 4.50. The molecule has 0 aliphatic carbocycles. The van der Waals surface area contributed by atoms with E-state index in [2.05, 4.69) is 10.6 Å². The van der Waals surface area contributed by atoms with Crippen molar-refractivity contribution in [1.82, 2.24) is 20.4 Å². The molecule has 324 valence electrons. The SMILES string of the molecule is CCCCOCC(CN1C(=O)NC(=O)C(CC)(c2ccccc2)C1=O)OC(N)=O.CCCCOCC(CN1C(=O)NC(=O)C(CC)(c2ccccc2)C1=O)OC(N)=O.S. The molecule has 2 aromatic rings. The maximum Gasteiger partial charge on any atom is 0.404 e. The number of nitrogens with zero attached hydrogens (tertiary/aromatic N) is 2. The highest BCUT2D eigenvalue weighted by atomic mass is 32.1. The molecule has 2 fully saturated rings. The van der Waals surface area contributed by atoms with Crippen LogP contribution in [0, 0.1) is 0 Å². The van der Waals surface area contributed by atoms with Crippen LogP contribution in [0.25, 0.3) is 0 Å². The van der Waals surface area contributed by atoms with Crippen LogP contribution < -0.4 is 22.1 Å². The highest BCUT2D eigenvalue weighted by Gasteiger charge is 2.55. The quantitative estimate of drug-likeness (QED) is 0.110. The number of barbiturate groups is 2. The Bertz CT molecular complexity index is 1640. The largest absolute Gasteiger partial charge is 0.442 e. The van der Waals surface area contributed by atoms with Crippen LogP contribution >= 0.6 is 13.5 Å². The zero-order chi connectivity index (χ0) is 42.9. The summed E-state index contributed by atoms with van der Waals surface area (Å²) in [6, 6.07) is 15.3. The summed E-state index contributed by atoms with van der Waals surface area (Å²) >= 11 is 0. The number of imide groups is 4. The fourth-order valence-corrected chi connectivity index (χ4v) is 6.61. The number of urea groups is 2. The zero-order valence-corrected chi connectivity index (χ0v) is 34.9. The number of unbranched alkanes of at least 4 members (excludes halogenated alkanes) is 2. The topological polar surface area (TPSA) is 256 Å². The monoisotopic (exact) mass is 844 g/mol. The van der Waals surface area contributed by atoms with Crippen molar-refractivity contribution in [2.45, 2.75) is 89.3 Å². The van der Waals surface area contributed by atoms with Crippen molar-refractivity contribution < 1.29 is 57.3 Å². The average Bonchev–Trinajstić information content (AvgIpc) is 3.19. The van der Waals surface area contributed by atoms with Gasteiger partial charge in [-0.05, 0) is 36.8 Å². The number of primary amides is 2. The molecule has 10 amide bonds. The summed E-state index contributed by atoms with van der Waals surface area (Å²) in [7, 11) is 0. The van der Waals surface area contributed by atoms with Crippen molar-refractivity contribution in [1.29, 1.82) is 0 Å². The summed E-state index contributed by atoms with van der Waals surface area (Å²) in [4.78, 5) is 101. The van der Waals surface area contributed by atoms with Gasteiger partial charge in [-0.3, -0.25) is 39.6 Å². The molecule has 18 nitrogen and oxygen atoms in total. The third-order valence-electron chi connectivity index (χ3n) is 9.75. The maximum absolute atomic E-state index is 13.3. The van der Waals surface area contributed by atoms with Crippen molar-refractivity contribution >= 4 is 61.4 Å². The standard InChI is InChI=1S/2C20H27N3O6.H2S/c2*1-3-5-11-28-13-15(29-18(21)26)12-23-17(25)20(4-2,16(24)22-19(23)27)14-9-7-6-8-10-14;/h2*6-10,15H,3-5,11-13H2,1-2H3,(H2,21,26)(H,22,24,27);1H2. The van der Waals surface area contributed by atoms with Gasteiger partial charge in [-0.25, -0.2) is 19.2 Å². The molecule has 4 atom stereocenters. The van der Waals surface area contributed by atoms with Crippen LogP contribution in [-0.2, 0) is 49.0 Å². The lowest BCUT2D eigenvalue weighted by molar-refractivity contribution is -0.148. The van der Waals surface area contributed by atoms with Gasteiger partial charge in [-0.2, -0.15) is 13.5 Å². The fraction of sp³-hybridized carbons (Fsp3) is 0.500. The predicted molar refractivity (Wildman–Crippen MR) is 218 cm³/mol. The third-order valence-corrected chi connectivity index (χ3v) is 9.75. The van der Waals surface area contributed by atoms with Crippen LogP contribution in [0.3, 0.4) is 0 Å². The van der Waals surface area contributed by atoms with Gasteiger partial charge in [0, 0.05) is 13.2 Å². The number of amides is 10. The van der Waals surface area contributed by atoms with Gasteiger partial charge in [0.25, 0.3) is 11.8 Å². The van der Waals surface area contributed by atoms with Crippen LogP contribution in [0.1, 0.15) is 77.3 Å². The molecule has 0 aromatic heterocycles. The molecule has 2 aliphatic heterocycles. The third kappa shape index (κ3) is 12.2. The molecule has 2 aromatic carbocycles. The summed E-state index contributed by atoms with van der Waals surface area (Å²) < 4.78 is 21.0. The Hall–Kier alpha value is -5.53. The van der Waals surface area contributed by atoms with Gasteiger partial charge in [-0.1, -0.05) is 101 Å². The van der Waals surface area contributed by atoms with Gasteiger partial charge in [0.2, 0.25) is 11.8 Å². The molecule has 2 saturated heterocycles. The van der Waals surface area contributed by atoms with Crippen molar-refractivity contribution in [3.8, 4) is 0 Å². The van der Waals surface area contributed by atoms with Crippen LogP contribution in [-0.4, -0.2) is 109 Å². The Kier molecular flexibility index (Phi) is 20.0. The highest BCUT2D eigenvalue weighted by Crippen LogP contribution is 2.35. The van der Waals surface area contributed by atoms with E-state index in [4.69, 9.17) is 30.4 Å². The minimum Gasteiger partial charge on any atom is -0.442 e. The molecule has 19 heteroatoms. The average molecular weight is 845 g/mol. The van der Waals surface area contributed by atoms with E-state index < -0.39 is 70.9 Å². The van der Waals surface area contributed by atoms with Crippen LogP contribution in [0.15, 0.2) is 60.7 Å². The first-order valence-corrected chi connectivity index (χ1v) is 19.3. The van der Waals surface area contributed by atoms with Crippen molar-refractivity contribution in [2.75, 3.05) is 39.5 Å². The lowest BCUT2D eigenvalue weighted by atomic mass is 9.74. The Morgan fingerprint density at radius 1 is 0.610 bits per heavy atom. The number of hydrogen-bond acceptors (Lipinski definition) is 12. The normalized spacial score (nSPS) is 20.0. The van der Waals surface area contributed by atoms with Crippen LogP contribution in [0.5, 0.6) is 0 Å². The van der Waals surface area contributed by atoms with E-state index in [1.807, 2.05) is 13.8 Å². The summed E-state index contributed by atoms with van der Waals surface area (Å²) in [6.45, 7) is 7.67. The van der Waals surface area contributed by atoms with E-state index in [-0.39, 0.29) is 52.6 Å². The highest BCUT2D eigenvalue weighted by molar-refractivity contribution is 7.59. The molecule has 4 unspecified atom stereocenters. The van der Waals surface area contributed by atoms with E-state index >= 15 is 0 Å². The van der Waals surface area contributed by atoms with E-state index in [1.54, 1.807) is 74.5 Å². The number of hydrogen-bond donors (Lipinski definition) is 4. The summed E-state index contributed by atoms with van der Waals surface area (Å²) in [5.74, 6) is -2.70. The minimum atomic E-state index is -1.55. The van der Waals surface area contributed by atoms with Crippen molar-refractivity contribution in [3.05, 3.63) is 71.8 Å². The first-order valence-electron chi connectivity index (χ1n) is 19.3. The first-order chi connectivity index (χ1) is 27.7. The molecule has 6 N–H and O–H groups in total. The van der Waals surface area contributed by atoms with Gasteiger partial charge >= 0.3 is 24.2 Å². The Labute approximate surface area is 350 Å². The number of benzene rings is 2. The Balaban J connectivity index is 0.000000400. The van der Waals surface area contributed by atoms with Gasteiger partial charge in [-0.15, -0.1) is 0 Å². The summed E-state index contributed by atoms with van der Waals surface area (Å²) in [6.07, 6.45) is -0.199. The van der Waals surface area contributed by atoms with Crippen LogP contribution in [0.4, 0.5) is 19.2 Å². The van der Waals surface area contributed by atoms with E-state index in [0.717, 1.165) is 35.5 Å². The summed E-state index contributed by atoms with van der Waals surface area (Å²) in [5.41, 5.74) is 8.10.